The van der Waals surface area contributed by atoms with Gasteiger partial charge < -0.3 is 9.84 Å². The molecule has 0 saturated heterocycles. The molecule has 0 amide bonds. The molecule has 0 unspecified atom stereocenters. The highest BCUT2D eigenvalue weighted by Crippen LogP contribution is 2.22. The molecule has 0 saturated carbocycles. The minimum atomic E-state index is -3.71. The van der Waals surface area contributed by atoms with Crippen molar-refractivity contribution in [2.45, 2.75) is 63.2 Å². The summed E-state index contributed by atoms with van der Waals surface area (Å²) < 4.78 is 32.0. The number of rotatable bonds is 13. The Morgan fingerprint density at radius 2 is 1.68 bits per heavy atom. The quantitative estimate of drug-likeness (QED) is 0.514. The molecule has 7 heteroatoms. The highest BCUT2D eigenvalue weighted by molar-refractivity contribution is 7.89. The summed E-state index contributed by atoms with van der Waals surface area (Å²) in [5, 5.41) is 9.14. The number of nitrogens with one attached hydrogen (secondary N) is 1. The van der Waals surface area contributed by atoms with E-state index in [1.807, 2.05) is 0 Å². The maximum absolute atomic E-state index is 12.3. The Balaban J connectivity index is 2.46. The number of hydrogen-bond donors (Lipinski definition) is 2. The first-order valence-corrected chi connectivity index (χ1v) is 10.3. The van der Waals surface area contributed by atoms with E-state index in [1.54, 1.807) is 0 Å². The van der Waals surface area contributed by atoms with Crippen LogP contribution >= 0.6 is 0 Å². The van der Waals surface area contributed by atoms with Crippen molar-refractivity contribution in [2.24, 2.45) is 0 Å². The number of carboxylic acids is 1. The summed E-state index contributed by atoms with van der Waals surface area (Å²) in [6.45, 7) is 2.54. The van der Waals surface area contributed by atoms with E-state index in [4.69, 9.17) is 9.84 Å². The zero-order chi connectivity index (χ0) is 18.7. The first-order chi connectivity index (χ1) is 11.9. The third kappa shape index (κ3) is 7.44. The van der Waals surface area contributed by atoms with Crippen LogP contribution in [0.2, 0.25) is 0 Å². The molecule has 0 aliphatic carbocycles. The van der Waals surface area contributed by atoms with Crippen LogP contribution in [0.5, 0.6) is 5.75 Å². The van der Waals surface area contributed by atoms with E-state index >= 15 is 0 Å². The van der Waals surface area contributed by atoms with Gasteiger partial charge in [-0.25, -0.2) is 17.9 Å². The summed E-state index contributed by atoms with van der Waals surface area (Å²) in [4.78, 5) is 11.1. The second-order valence-electron chi connectivity index (χ2n) is 6.04. The van der Waals surface area contributed by atoms with Gasteiger partial charge in [-0.2, -0.15) is 0 Å². The fraction of sp³-hybridized carbons (Fsp3) is 0.611. The maximum atomic E-state index is 12.3. The minimum Gasteiger partial charge on any atom is -0.496 e. The Hall–Kier alpha value is -1.60. The van der Waals surface area contributed by atoms with Crippen LogP contribution in [0.25, 0.3) is 0 Å². The molecule has 25 heavy (non-hydrogen) atoms. The Kier molecular flexibility index (Phi) is 9.52. The first kappa shape index (κ1) is 21.4. The van der Waals surface area contributed by atoms with E-state index < -0.39 is 16.0 Å². The van der Waals surface area contributed by atoms with Crippen molar-refractivity contribution < 1.29 is 23.1 Å². The van der Waals surface area contributed by atoms with Gasteiger partial charge in [0.05, 0.1) is 12.0 Å². The second kappa shape index (κ2) is 11.1. The topological polar surface area (TPSA) is 92.7 Å². The van der Waals surface area contributed by atoms with Gasteiger partial charge in [-0.3, -0.25) is 0 Å². The molecular weight excluding hydrogens is 342 g/mol. The average Bonchev–Trinajstić information content (AvgIpc) is 2.59. The van der Waals surface area contributed by atoms with E-state index in [0.29, 0.717) is 6.54 Å². The van der Waals surface area contributed by atoms with Crippen LogP contribution in [-0.2, 0) is 10.0 Å². The van der Waals surface area contributed by atoms with Gasteiger partial charge in [0, 0.05) is 6.54 Å². The van der Waals surface area contributed by atoms with E-state index in [0.717, 1.165) is 25.3 Å². The summed E-state index contributed by atoms with van der Waals surface area (Å²) in [5.74, 6) is -1.09. The summed E-state index contributed by atoms with van der Waals surface area (Å²) in [6, 6.07) is 3.83. The normalized spacial score (nSPS) is 11.4. The number of ether oxygens (including phenoxy) is 1. The second-order valence-corrected chi connectivity index (χ2v) is 7.81. The SMILES string of the molecule is CCCCCCCCCCNS(=O)(=O)c1ccc(OC)c(C(=O)O)c1. The third-order valence-corrected chi connectivity index (χ3v) is 5.49. The van der Waals surface area contributed by atoms with E-state index in [2.05, 4.69) is 11.6 Å². The van der Waals surface area contributed by atoms with Crippen LogP contribution in [0.1, 0.15) is 68.6 Å². The molecular formula is C18H29NO5S. The Morgan fingerprint density at radius 1 is 1.08 bits per heavy atom. The molecule has 0 aliphatic rings. The molecule has 0 aliphatic heterocycles. The van der Waals surface area contributed by atoms with Gasteiger partial charge in [0.15, 0.2) is 0 Å². The van der Waals surface area contributed by atoms with Crippen molar-refractivity contribution >= 4 is 16.0 Å². The predicted octanol–water partition coefficient (Wildman–Crippen LogP) is 3.81. The van der Waals surface area contributed by atoms with Crippen LogP contribution in [0.4, 0.5) is 0 Å². The van der Waals surface area contributed by atoms with Crippen molar-refractivity contribution in [3.63, 3.8) is 0 Å². The Morgan fingerprint density at radius 3 is 2.24 bits per heavy atom. The number of methoxy groups -OCH3 is 1. The highest BCUT2D eigenvalue weighted by Gasteiger charge is 2.19. The van der Waals surface area contributed by atoms with Crippen molar-refractivity contribution in [2.75, 3.05) is 13.7 Å². The van der Waals surface area contributed by atoms with Crippen molar-refractivity contribution in [1.82, 2.24) is 4.72 Å². The first-order valence-electron chi connectivity index (χ1n) is 8.83. The van der Waals surface area contributed by atoms with E-state index in [9.17, 15) is 13.2 Å². The summed E-state index contributed by atoms with van der Waals surface area (Å²) in [5.41, 5.74) is -0.169. The van der Waals surface area contributed by atoms with Gasteiger partial charge in [0.1, 0.15) is 11.3 Å². The molecule has 0 heterocycles. The van der Waals surface area contributed by atoms with Crippen LogP contribution in [0.3, 0.4) is 0 Å². The number of carboxylic acid groups (broad SMARTS) is 1. The number of sulfonamides is 1. The molecule has 1 aromatic rings. The molecule has 0 spiro atoms. The van der Waals surface area contributed by atoms with E-state index in [1.165, 1.54) is 51.3 Å². The van der Waals surface area contributed by atoms with Gasteiger partial charge >= 0.3 is 5.97 Å². The lowest BCUT2D eigenvalue weighted by atomic mass is 10.1. The number of unbranched alkanes of at least 4 members (excludes halogenated alkanes) is 7. The minimum absolute atomic E-state index is 0.0646. The van der Waals surface area contributed by atoms with Gasteiger partial charge in [0.25, 0.3) is 0 Å². The summed E-state index contributed by atoms with van der Waals surface area (Å²) in [7, 11) is -2.37. The molecule has 0 radical (unpaired) electrons. The lowest BCUT2D eigenvalue weighted by molar-refractivity contribution is 0.0693. The van der Waals surface area contributed by atoms with Crippen LogP contribution in [-0.4, -0.2) is 33.1 Å². The lowest BCUT2D eigenvalue weighted by Gasteiger charge is -2.10. The molecule has 142 valence electrons. The van der Waals surface area contributed by atoms with E-state index in [-0.39, 0.29) is 16.2 Å². The standard InChI is InChI=1S/C18H29NO5S/c1-3-4-5-6-7-8-9-10-13-19-25(22,23)15-11-12-17(24-2)16(14-15)18(20)21/h11-12,14,19H,3-10,13H2,1-2H3,(H,20,21). The van der Waals surface area contributed by atoms with Gasteiger partial charge in [-0.15, -0.1) is 0 Å². The number of hydrogen-bond acceptors (Lipinski definition) is 4. The smallest absolute Gasteiger partial charge is 0.339 e. The highest BCUT2D eigenvalue weighted by atomic mass is 32.2. The zero-order valence-electron chi connectivity index (χ0n) is 15.1. The molecule has 0 fully saturated rings. The van der Waals surface area contributed by atoms with Gasteiger partial charge in [-0.1, -0.05) is 51.9 Å². The Bertz CT molecular complexity index is 643. The van der Waals surface area contributed by atoms with Gasteiger partial charge in [-0.05, 0) is 24.6 Å². The fourth-order valence-corrected chi connectivity index (χ4v) is 3.67. The largest absolute Gasteiger partial charge is 0.496 e. The van der Waals surface area contributed by atoms with Gasteiger partial charge in [0.2, 0.25) is 10.0 Å². The van der Waals surface area contributed by atoms with Crippen molar-refractivity contribution in [3.8, 4) is 5.75 Å². The molecule has 0 atom stereocenters. The van der Waals surface area contributed by atoms with Crippen molar-refractivity contribution in [3.05, 3.63) is 23.8 Å². The zero-order valence-corrected chi connectivity index (χ0v) is 15.9. The predicted molar refractivity (Wildman–Crippen MR) is 97.8 cm³/mol. The number of aromatic carboxylic acids is 1. The molecule has 1 aromatic carbocycles. The van der Waals surface area contributed by atoms with Crippen molar-refractivity contribution in [1.29, 1.82) is 0 Å². The van der Waals surface area contributed by atoms with Crippen LogP contribution in [0.15, 0.2) is 23.1 Å². The maximum Gasteiger partial charge on any atom is 0.339 e. The number of benzene rings is 1. The molecule has 2 N–H and O–H groups in total. The molecule has 0 aromatic heterocycles. The van der Waals surface area contributed by atoms with Crippen LogP contribution < -0.4 is 9.46 Å². The summed E-state index contributed by atoms with van der Waals surface area (Å²) in [6.07, 6.45) is 9.07. The molecule has 1 rings (SSSR count). The van der Waals surface area contributed by atoms with Crippen LogP contribution in [0, 0.1) is 0 Å². The lowest BCUT2D eigenvalue weighted by Crippen LogP contribution is -2.25. The Labute approximate surface area is 150 Å². The summed E-state index contributed by atoms with van der Waals surface area (Å²) >= 11 is 0. The molecule has 0 bridgehead atoms. The number of carbonyl (C=O) groups is 1. The monoisotopic (exact) mass is 371 g/mol. The average molecular weight is 371 g/mol. The third-order valence-electron chi connectivity index (χ3n) is 4.03. The fourth-order valence-electron chi connectivity index (χ4n) is 2.57. The molecule has 6 nitrogen and oxygen atoms in total.